The fourth-order valence-corrected chi connectivity index (χ4v) is 1.01. The number of rotatable bonds is 1. The van der Waals surface area contributed by atoms with E-state index in [1.807, 2.05) is 0 Å². The summed E-state index contributed by atoms with van der Waals surface area (Å²) in [6.45, 7) is 5.36. The van der Waals surface area contributed by atoms with Crippen LogP contribution >= 0.6 is 0 Å². The molecule has 0 aromatic carbocycles. The second-order valence-electron chi connectivity index (χ2n) is 4.20. The maximum absolute atomic E-state index is 11.1. The van der Waals surface area contributed by atoms with Gasteiger partial charge >= 0.3 is 6.09 Å². The smallest absolute Gasteiger partial charge is 0.408 e. The number of ketones is 1. The van der Waals surface area contributed by atoms with E-state index in [0.29, 0.717) is 6.42 Å². The number of hydrogen-bond donors (Lipinski definition) is 1. The first-order valence-electron chi connectivity index (χ1n) is 4.41. The lowest BCUT2D eigenvalue weighted by Crippen LogP contribution is -2.48. The third-order valence-corrected chi connectivity index (χ3v) is 1.76. The van der Waals surface area contributed by atoms with E-state index < -0.39 is 11.7 Å². The van der Waals surface area contributed by atoms with Gasteiger partial charge in [-0.15, -0.1) is 0 Å². The Bertz CT molecular complexity index is 230. The van der Waals surface area contributed by atoms with E-state index in [9.17, 15) is 9.59 Å². The molecule has 1 rings (SSSR count). The van der Waals surface area contributed by atoms with Crippen molar-refractivity contribution in [3.8, 4) is 0 Å². The van der Waals surface area contributed by atoms with Gasteiger partial charge in [-0.25, -0.2) is 4.79 Å². The van der Waals surface area contributed by atoms with Gasteiger partial charge in [-0.1, -0.05) is 0 Å². The first-order chi connectivity index (χ1) is 5.88. The first-order valence-corrected chi connectivity index (χ1v) is 4.41. The zero-order valence-electron chi connectivity index (χ0n) is 8.22. The van der Waals surface area contributed by atoms with E-state index in [4.69, 9.17) is 4.74 Å². The lowest BCUT2D eigenvalue weighted by atomic mass is 9.91. The topological polar surface area (TPSA) is 55.4 Å². The summed E-state index contributed by atoms with van der Waals surface area (Å²) < 4.78 is 4.99. The van der Waals surface area contributed by atoms with Crippen molar-refractivity contribution in [3.05, 3.63) is 0 Å². The van der Waals surface area contributed by atoms with Crippen LogP contribution in [0.1, 0.15) is 33.6 Å². The Hall–Kier alpha value is -1.06. The van der Waals surface area contributed by atoms with Crippen LogP contribution in [-0.2, 0) is 9.53 Å². The minimum absolute atomic E-state index is 0.0888. The second kappa shape index (κ2) is 3.36. The molecule has 1 aliphatic carbocycles. The quantitative estimate of drug-likeness (QED) is 0.668. The standard InChI is InChI=1S/C9H15NO3/c1-9(2,3)13-8(12)10-6-4-5-7(6)11/h6H,4-5H2,1-3H3,(H,10,12)/t6-/m1/s1. The van der Waals surface area contributed by atoms with Gasteiger partial charge in [0.15, 0.2) is 5.78 Å². The Balaban J connectivity index is 2.29. The van der Waals surface area contributed by atoms with Crippen LogP contribution in [0.15, 0.2) is 0 Å². The summed E-state index contributed by atoms with van der Waals surface area (Å²) in [4.78, 5) is 22.0. The minimum atomic E-state index is -0.509. The Morgan fingerprint density at radius 3 is 2.46 bits per heavy atom. The van der Waals surface area contributed by atoms with Crippen molar-refractivity contribution in [1.29, 1.82) is 0 Å². The van der Waals surface area contributed by atoms with Gasteiger partial charge in [0.25, 0.3) is 0 Å². The monoisotopic (exact) mass is 185 g/mol. The third kappa shape index (κ3) is 3.05. The highest BCUT2D eigenvalue weighted by Gasteiger charge is 2.30. The predicted molar refractivity (Wildman–Crippen MR) is 47.4 cm³/mol. The lowest BCUT2D eigenvalue weighted by Gasteiger charge is -2.27. The number of alkyl carbamates (subject to hydrolysis) is 1. The van der Waals surface area contributed by atoms with Crippen molar-refractivity contribution in [2.24, 2.45) is 0 Å². The Morgan fingerprint density at radius 2 is 2.15 bits per heavy atom. The van der Waals surface area contributed by atoms with Crippen LogP contribution in [-0.4, -0.2) is 23.5 Å². The number of amides is 1. The summed E-state index contributed by atoms with van der Waals surface area (Å²) >= 11 is 0. The first kappa shape index (κ1) is 10.0. The molecule has 0 aromatic heterocycles. The molecule has 4 heteroatoms. The molecule has 1 aliphatic rings. The van der Waals surface area contributed by atoms with E-state index in [1.165, 1.54) is 0 Å². The zero-order chi connectivity index (χ0) is 10.1. The molecular formula is C9H15NO3. The Kier molecular flexibility index (Phi) is 2.59. The molecule has 0 unspecified atom stereocenters. The van der Waals surface area contributed by atoms with Crippen molar-refractivity contribution in [2.75, 3.05) is 0 Å². The fourth-order valence-electron chi connectivity index (χ4n) is 1.01. The van der Waals surface area contributed by atoms with Gasteiger partial charge < -0.3 is 10.1 Å². The summed E-state index contributed by atoms with van der Waals surface area (Å²) in [5.74, 6) is 0.0888. The van der Waals surface area contributed by atoms with Crippen LogP contribution in [0.4, 0.5) is 4.79 Å². The van der Waals surface area contributed by atoms with Gasteiger partial charge in [0, 0.05) is 6.42 Å². The van der Waals surface area contributed by atoms with Crippen LogP contribution in [0.3, 0.4) is 0 Å². The van der Waals surface area contributed by atoms with Gasteiger partial charge in [-0.3, -0.25) is 4.79 Å². The summed E-state index contributed by atoms with van der Waals surface area (Å²) in [5, 5.41) is 2.51. The molecule has 0 bridgehead atoms. The van der Waals surface area contributed by atoms with Gasteiger partial charge in [0.2, 0.25) is 0 Å². The van der Waals surface area contributed by atoms with E-state index in [-0.39, 0.29) is 11.8 Å². The molecule has 13 heavy (non-hydrogen) atoms. The average Bonchev–Trinajstić information content (AvgIpc) is 1.94. The Labute approximate surface area is 77.6 Å². The summed E-state index contributed by atoms with van der Waals surface area (Å²) in [7, 11) is 0. The molecule has 74 valence electrons. The van der Waals surface area contributed by atoms with Crippen LogP contribution in [0.5, 0.6) is 0 Å². The maximum Gasteiger partial charge on any atom is 0.408 e. The van der Waals surface area contributed by atoms with Crippen molar-refractivity contribution in [1.82, 2.24) is 5.32 Å². The molecule has 0 radical (unpaired) electrons. The van der Waals surface area contributed by atoms with E-state index >= 15 is 0 Å². The molecule has 0 aliphatic heterocycles. The molecular weight excluding hydrogens is 170 g/mol. The number of ether oxygens (including phenoxy) is 1. The number of carbonyl (C=O) groups is 2. The van der Waals surface area contributed by atoms with Gasteiger partial charge in [-0.2, -0.15) is 0 Å². The van der Waals surface area contributed by atoms with E-state index in [1.54, 1.807) is 20.8 Å². The highest BCUT2D eigenvalue weighted by molar-refractivity contribution is 5.92. The number of Topliss-reactive ketones (excluding diaryl/α,β-unsaturated/α-hetero) is 1. The summed E-state index contributed by atoms with van der Waals surface area (Å²) in [6, 6.07) is -0.310. The highest BCUT2D eigenvalue weighted by Crippen LogP contribution is 2.15. The third-order valence-electron chi connectivity index (χ3n) is 1.76. The van der Waals surface area contributed by atoms with Crippen LogP contribution in [0, 0.1) is 0 Å². The summed E-state index contributed by atoms with van der Waals surface area (Å²) in [6.07, 6.45) is 0.795. The highest BCUT2D eigenvalue weighted by atomic mass is 16.6. The van der Waals surface area contributed by atoms with Gasteiger partial charge in [0.1, 0.15) is 5.60 Å². The molecule has 0 aromatic rings. The molecule has 4 nitrogen and oxygen atoms in total. The normalized spacial score (nSPS) is 22.1. The van der Waals surface area contributed by atoms with Gasteiger partial charge in [-0.05, 0) is 27.2 Å². The molecule has 1 saturated carbocycles. The molecule has 0 saturated heterocycles. The van der Waals surface area contributed by atoms with Crippen molar-refractivity contribution in [3.63, 3.8) is 0 Å². The van der Waals surface area contributed by atoms with Crippen LogP contribution in [0.2, 0.25) is 0 Å². The van der Waals surface area contributed by atoms with Crippen molar-refractivity contribution < 1.29 is 14.3 Å². The molecule has 1 atom stereocenters. The van der Waals surface area contributed by atoms with Crippen molar-refractivity contribution >= 4 is 11.9 Å². The molecule has 1 N–H and O–H groups in total. The summed E-state index contributed by atoms with van der Waals surface area (Å²) in [5.41, 5.74) is -0.503. The fraction of sp³-hybridized carbons (Fsp3) is 0.778. The van der Waals surface area contributed by atoms with Crippen molar-refractivity contribution in [2.45, 2.75) is 45.3 Å². The zero-order valence-corrected chi connectivity index (χ0v) is 8.22. The largest absolute Gasteiger partial charge is 0.444 e. The number of carbonyl (C=O) groups excluding carboxylic acids is 2. The average molecular weight is 185 g/mol. The number of nitrogens with one attached hydrogen (secondary N) is 1. The molecule has 0 heterocycles. The van der Waals surface area contributed by atoms with Crippen LogP contribution in [0.25, 0.3) is 0 Å². The lowest BCUT2D eigenvalue weighted by molar-refractivity contribution is -0.126. The predicted octanol–water partition coefficient (Wildman–Crippen LogP) is 1.24. The minimum Gasteiger partial charge on any atom is -0.444 e. The molecule has 1 fully saturated rings. The Morgan fingerprint density at radius 1 is 1.54 bits per heavy atom. The molecule has 1 amide bonds. The SMILES string of the molecule is CC(C)(C)OC(=O)N[C@@H]1CCC1=O. The molecule has 0 spiro atoms. The van der Waals surface area contributed by atoms with Gasteiger partial charge in [0.05, 0.1) is 6.04 Å². The number of hydrogen-bond acceptors (Lipinski definition) is 3. The second-order valence-corrected chi connectivity index (χ2v) is 4.20. The van der Waals surface area contributed by atoms with E-state index in [0.717, 1.165) is 6.42 Å². The van der Waals surface area contributed by atoms with Crippen LogP contribution < -0.4 is 5.32 Å². The maximum atomic E-state index is 11.1. The van der Waals surface area contributed by atoms with E-state index in [2.05, 4.69) is 5.32 Å².